The van der Waals surface area contributed by atoms with Gasteiger partial charge in [0.2, 0.25) is 0 Å². The molecule has 2 aromatic heterocycles. The minimum absolute atomic E-state index is 0.914. The van der Waals surface area contributed by atoms with Gasteiger partial charge in [0.25, 0.3) is 0 Å². The van der Waals surface area contributed by atoms with Crippen molar-refractivity contribution in [3.63, 3.8) is 0 Å². The summed E-state index contributed by atoms with van der Waals surface area (Å²) >= 11 is 0. The highest BCUT2D eigenvalue weighted by Crippen LogP contribution is 2.43. The molecule has 0 aliphatic heterocycles. The van der Waals surface area contributed by atoms with E-state index >= 15 is 0 Å². The van der Waals surface area contributed by atoms with Crippen LogP contribution in [-0.2, 0) is 0 Å². The number of nitrogens with zero attached hydrogens (tertiary/aromatic N) is 2. The Balaban J connectivity index is 1.05. The van der Waals surface area contributed by atoms with Gasteiger partial charge in [0.05, 0.1) is 16.7 Å². The van der Waals surface area contributed by atoms with Crippen molar-refractivity contribution >= 4 is 82.4 Å². The Hall–Kier alpha value is -7.10. The van der Waals surface area contributed by atoms with E-state index in [1.54, 1.807) is 0 Å². The molecule has 2 heterocycles. The van der Waals surface area contributed by atoms with Gasteiger partial charge in [-0.1, -0.05) is 115 Å². The van der Waals surface area contributed by atoms with Gasteiger partial charge in [-0.3, -0.25) is 0 Å². The number of hydrogen-bond donors (Lipinski definition) is 0. The van der Waals surface area contributed by atoms with Crippen LogP contribution in [0, 0.1) is 0 Å². The number of benzene rings is 9. The van der Waals surface area contributed by atoms with Crippen LogP contribution in [0.3, 0.4) is 0 Å². The Kier molecular flexibility index (Phi) is 6.55. The third-order valence-electron chi connectivity index (χ3n) is 10.8. The fraction of sp³-hybridized carbons (Fsp3) is 0. The number of anilines is 3. The van der Waals surface area contributed by atoms with E-state index in [0.29, 0.717) is 0 Å². The fourth-order valence-electron chi connectivity index (χ4n) is 8.28. The van der Waals surface area contributed by atoms with Gasteiger partial charge in [0, 0.05) is 49.4 Å². The maximum atomic E-state index is 6.41. The first-order valence-electron chi connectivity index (χ1n) is 18.1. The van der Waals surface area contributed by atoms with E-state index in [1.165, 1.54) is 49.4 Å². The van der Waals surface area contributed by atoms with Crippen LogP contribution in [0.1, 0.15) is 0 Å². The molecule has 9 aromatic carbocycles. The summed E-state index contributed by atoms with van der Waals surface area (Å²) in [6.07, 6.45) is 0. The summed E-state index contributed by atoms with van der Waals surface area (Å²) in [6, 6.07) is 69.8. The van der Waals surface area contributed by atoms with Gasteiger partial charge >= 0.3 is 0 Å². The van der Waals surface area contributed by atoms with E-state index in [2.05, 4.69) is 191 Å². The summed E-state index contributed by atoms with van der Waals surface area (Å²) in [5.74, 6) is 0. The SMILES string of the molecule is c1ccc(-n2c3ccccc3c3cc(-c4ccc(N(c5ccc6c(ccc7c8ccccc8oc67)c5)c5cccc6ccccc56)cc4)ccc32)cc1. The number of hydrogen-bond acceptors (Lipinski definition) is 2. The number of rotatable bonds is 5. The lowest BCUT2D eigenvalue weighted by Gasteiger charge is -2.27. The summed E-state index contributed by atoms with van der Waals surface area (Å²) in [6.45, 7) is 0. The molecule has 0 saturated heterocycles. The smallest absolute Gasteiger partial charge is 0.143 e. The lowest BCUT2D eigenvalue weighted by atomic mass is 10.0. The number of para-hydroxylation sites is 3. The van der Waals surface area contributed by atoms with Gasteiger partial charge < -0.3 is 13.9 Å². The average Bonchev–Trinajstić information content (AvgIpc) is 3.77. The molecule has 0 saturated carbocycles. The van der Waals surface area contributed by atoms with Crippen LogP contribution >= 0.6 is 0 Å². The molecule has 248 valence electrons. The van der Waals surface area contributed by atoms with E-state index < -0.39 is 0 Å². The third kappa shape index (κ3) is 4.68. The second-order valence-corrected chi connectivity index (χ2v) is 13.7. The topological polar surface area (TPSA) is 21.3 Å². The number of fused-ring (bicyclic) bond motifs is 9. The molecule has 0 unspecified atom stereocenters. The van der Waals surface area contributed by atoms with Crippen molar-refractivity contribution in [2.45, 2.75) is 0 Å². The highest BCUT2D eigenvalue weighted by atomic mass is 16.3. The van der Waals surface area contributed by atoms with Gasteiger partial charge in [-0.2, -0.15) is 0 Å². The monoisotopic (exact) mass is 676 g/mol. The largest absolute Gasteiger partial charge is 0.455 e. The molecular formula is C50H32N2O. The molecule has 0 fully saturated rings. The van der Waals surface area contributed by atoms with Gasteiger partial charge in [-0.15, -0.1) is 0 Å². The predicted octanol–water partition coefficient (Wildman–Crippen LogP) is 14.1. The summed E-state index contributed by atoms with van der Waals surface area (Å²) in [5, 5.41) is 9.45. The third-order valence-corrected chi connectivity index (χ3v) is 10.8. The summed E-state index contributed by atoms with van der Waals surface area (Å²) in [7, 11) is 0. The van der Waals surface area contributed by atoms with Crippen LogP contribution in [-0.4, -0.2) is 4.57 Å². The first-order chi connectivity index (χ1) is 26.3. The normalized spacial score (nSPS) is 11.8. The highest BCUT2D eigenvalue weighted by Gasteiger charge is 2.18. The molecule has 0 N–H and O–H groups in total. The standard InChI is InChI=1S/C50H32N2O/c1-2-13-37(14-3-1)52-47-18-8-6-16-42(47)45-32-35(24-30-48(45)52)33-21-25-38(26-22-33)51(46-19-10-12-34-11-4-5-15-40(34)46)39-27-29-41-36(31-39)23-28-44-43-17-7-9-20-49(43)53-50(41)44/h1-32H. The molecule has 0 aliphatic carbocycles. The lowest BCUT2D eigenvalue weighted by Crippen LogP contribution is -2.10. The molecule has 0 aliphatic rings. The van der Waals surface area contributed by atoms with E-state index in [1.807, 2.05) is 12.1 Å². The first kappa shape index (κ1) is 29.6. The Morgan fingerprint density at radius 1 is 0.377 bits per heavy atom. The second-order valence-electron chi connectivity index (χ2n) is 13.7. The summed E-state index contributed by atoms with van der Waals surface area (Å²) < 4.78 is 8.77. The number of furan rings is 1. The number of aromatic nitrogens is 1. The van der Waals surface area contributed by atoms with Crippen molar-refractivity contribution in [2.24, 2.45) is 0 Å². The molecular weight excluding hydrogens is 645 g/mol. The zero-order chi connectivity index (χ0) is 34.9. The molecule has 3 nitrogen and oxygen atoms in total. The van der Waals surface area contributed by atoms with Crippen LogP contribution in [0.15, 0.2) is 199 Å². The van der Waals surface area contributed by atoms with Crippen molar-refractivity contribution in [3.8, 4) is 16.8 Å². The van der Waals surface area contributed by atoms with Crippen molar-refractivity contribution in [3.05, 3.63) is 194 Å². The molecule has 53 heavy (non-hydrogen) atoms. The highest BCUT2D eigenvalue weighted by molar-refractivity contribution is 6.16. The van der Waals surface area contributed by atoms with Crippen LogP contribution in [0.25, 0.3) is 82.1 Å². The van der Waals surface area contributed by atoms with Crippen LogP contribution in [0.4, 0.5) is 17.1 Å². The van der Waals surface area contributed by atoms with E-state index in [-0.39, 0.29) is 0 Å². The minimum Gasteiger partial charge on any atom is -0.455 e. The van der Waals surface area contributed by atoms with Crippen LogP contribution < -0.4 is 4.90 Å². The zero-order valence-electron chi connectivity index (χ0n) is 28.8. The Labute approximate surface area is 306 Å². The van der Waals surface area contributed by atoms with E-state index in [4.69, 9.17) is 4.42 Å². The van der Waals surface area contributed by atoms with Gasteiger partial charge in [0.1, 0.15) is 11.2 Å². The Morgan fingerprint density at radius 3 is 1.94 bits per heavy atom. The molecule has 0 spiro atoms. The summed E-state index contributed by atoms with van der Waals surface area (Å²) in [4.78, 5) is 2.38. The minimum atomic E-state index is 0.914. The molecule has 0 atom stereocenters. The molecule has 11 rings (SSSR count). The van der Waals surface area contributed by atoms with Gasteiger partial charge in [-0.05, 0) is 101 Å². The van der Waals surface area contributed by atoms with Crippen LogP contribution in [0.2, 0.25) is 0 Å². The van der Waals surface area contributed by atoms with Crippen molar-refractivity contribution < 1.29 is 4.42 Å². The predicted molar refractivity (Wildman–Crippen MR) is 223 cm³/mol. The molecule has 11 aromatic rings. The van der Waals surface area contributed by atoms with E-state index in [9.17, 15) is 0 Å². The molecule has 0 amide bonds. The van der Waals surface area contributed by atoms with E-state index in [0.717, 1.165) is 49.8 Å². The summed E-state index contributed by atoms with van der Waals surface area (Å²) in [5.41, 5.74) is 11.1. The maximum Gasteiger partial charge on any atom is 0.143 e. The fourth-order valence-corrected chi connectivity index (χ4v) is 8.28. The second kappa shape index (κ2) is 11.7. The van der Waals surface area contributed by atoms with Gasteiger partial charge in [0.15, 0.2) is 0 Å². The average molecular weight is 677 g/mol. The Bertz CT molecular complexity index is 3160. The van der Waals surface area contributed by atoms with Crippen molar-refractivity contribution in [1.82, 2.24) is 4.57 Å². The zero-order valence-corrected chi connectivity index (χ0v) is 28.8. The first-order valence-corrected chi connectivity index (χ1v) is 18.1. The molecule has 0 radical (unpaired) electrons. The van der Waals surface area contributed by atoms with Crippen molar-refractivity contribution in [2.75, 3.05) is 4.90 Å². The van der Waals surface area contributed by atoms with Crippen LogP contribution in [0.5, 0.6) is 0 Å². The maximum absolute atomic E-state index is 6.41. The van der Waals surface area contributed by atoms with Crippen molar-refractivity contribution in [1.29, 1.82) is 0 Å². The molecule has 3 heteroatoms. The Morgan fingerprint density at radius 2 is 1.06 bits per heavy atom. The van der Waals surface area contributed by atoms with Gasteiger partial charge in [-0.25, -0.2) is 0 Å². The quantitative estimate of drug-likeness (QED) is 0.181. The lowest BCUT2D eigenvalue weighted by molar-refractivity contribution is 0.672. The molecule has 0 bridgehead atoms.